The Kier molecular flexibility index (Phi) is 5.60. The first-order valence-corrected chi connectivity index (χ1v) is 8.29. The number of ether oxygens (including phenoxy) is 1. The van der Waals surface area contributed by atoms with Gasteiger partial charge in [0.2, 0.25) is 10.0 Å². The molecule has 1 rings (SSSR count). The van der Waals surface area contributed by atoms with Gasteiger partial charge in [-0.15, -0.1) is 0 Å². The molecule has 4 N–H and O–H groups in total. The third-order valence-corrected chi connectivity index (χ3v) is 3.93. The maximum absolute atomic E-state index is 12.0. The van der Waals surface area contributed by atoms with Gasteiger partial charge in [0.25, 0.3) is 0 Å². The third kappa shape index (κ3) is 7.55. The fourth-order valence-electron chi connectivity index (χ4n) is 1.45. The molecule has 118 valence electrons. The predicted molar refractivity (Wildman–Crippen MR) is 85.3 cm³/mol. The minimum atomic E-state index is -3.35. The van der Waals surface area contributed by atoms with Gasteiger partial charge in [-0.2, -0.15) is 0 Å². The molecule has 0 aliphatic rings. The lowest BCUT2D eigenvalue weighted by atomic mass is 9.94. The van der Waals surface area contributed by atoms with Gasteiger partial charge in [-0.05, 0) is 36.1 Å². The van der Waals surface area contributed by atoms with Gasteiger partial charge in [-0.3, -0.25) is 10.1 Å². The summed E-state index contributed by atoms with van der Waals surface area (Å²) in [5.41, 5.74) is 5.65. The van der Waals surface area contributed by atoms with Crippen LogP contribution in [0.4, 0.5) is 5.69 Å². The molecule has 0 spiro atoms. The maximum atomic E-state index is 12.0. The van der Waals surface area contributed by atoms with Gasteiger partial charge in [0.05, 0.1) is 5.75 Å². The summed E-state index contributed by atoms with van der Waals surface area (Å²) in [6.07, 6.45) is 0.585. The molecule has 1 aromatic rings. The first kappa shape index (κ1) is 17.3. The van der Waals surface area contributed by atoms with Crippen LogP contribution in [0, 0.1) is 10.8 Å². The molecule has 0 atom stereocenters. The third-order valence-electron chi connectivity index (χ3n) is 2.64. The van der Waals surface area contributed by atoms with Crippen molar-refractivity contribution in [1.29, 1.82) is 5.41 Å². The first-order chi connectivity index (χ1) is 9.57. The van der Waals surface area contributed by atoms with Crippen LogP contribution in [0.15, 0.2) is 24.3 Å². The Morgan fingerprint density at radius 3 is 2.33 bits per heavy atom. The lowest BCUT2D eigenvalue weighted by Crippen LogP contribution is -2.21. The van der Waals surface area contributed by atoms with Crippen LogP contribution in [0.5, 0.6) is 5.75 Å². The molecule has 7 heteroatoms. The fourth-order valence-corrected chi connectivity index (χ4v) is 2.93. The topological polar surface area (TPSA) is 105 Å². The number of nitrogens with one attached hydrogen (secondary N) is 2. The van der Waals surface area contributed by atoms with Crippen molar-refractivity contribution in [3.63, 3.8) is 0 Å². The Morgan fingerprint density at radius 2 is 1.86 bits per heavy atom. The Labute approximate surface area is 126 Å². The van der Waals surface area contributed by atoms with E-state index < -0.39 is 10.0 Å². The van der Waals surface area contributed by atoms with E-state index in [-0.39, 0.29) is 23.6 Å². The van der Waals surface area contributed by atoms with E-state index in [0.29, 0.717) is 17.9 Å². The van der Waals surface area contributed by atoms with Crippen LogP contribution in [-0.4, -0.2) is 26.6 Å². The molecule has 0 aromatic heterocycles. The number of anilines is 1. The zero-order valence-corrected chi connectivity index (χ0v) is 13.5. The van der Waals surface area contributed by atoms with Crippen LogP contribution in [0.2, 0.25) is 0 Å². The number of hydrogen-bond acceptors (Lipinski definition) is 4. The number of benzene rings is 1. The molecule has 6 nitrogen and oxygen atoms in total. The van der Waals surface area contributed by atoms with Crippen molar-refractivity contribution in [3.05, 3.63) is 24.3 Å². The molecular formula is C14H23N3O3S. The quantitative estimate of drug-likeness (QED) is 0.530. The minimum Gasteiger partial charge on any atom is -0.486 e. The van der Waals surface area contributed by atoms with Crippen molar-refractivity contribution in [2.45, 2.75) is 27.2 Å². The molecule has 0 amide bonds. The van der Waals surface area contributed by atoms with E-state index >= 15 is 0 Å². The smallest absolute Gasteiger partial charge is 0.232 e. The van der Waals surface area contributed by atoms with Crippen LogP contribution in [-0.2, 0) is 10.0 Å². The van der Waals surface area contributed by atoms with Gasteiger partial charge in [-0.1, -0.05) is 20.8 Å². The normalized spacial score (nSPS) is 12.0. The molecule has 1 aromatic carbocycles. The second-order valence-corrected chi connectivity index (χ2v) is 7.91. The van der Waals surface area contributed by atoms with E-state index in [1.54, 1.807) is 24.3 Å². The molecule has 0 fully saturated rings. The summed E-state index contributed by atoms with van der Waals surface area (Å²) in [4.78, 5) is 0. The van der Waals surface area contributed by atoms with Crippen molar-refractivity contribution in [2.24, 2.45) is 11.1 Å². The summed E-state index contributed by atoms with van der Waals surface area (Å²) in [6.45, 7) is 6.02. The first-order valence-electron chi connectivity index (χ1n) is 6.64. The highest BCUT2D eigenvalue weighted by Crippen LogP contribution is 2.21. The van der Waals surface area contributed by atoms with Gasteiger partial charge in [0, 0.05) is 5.69 Å². The Balaban J connectivity index is 2.60. The van der Waals surface area contributed by atoms with Gasteiger partial charge in [0.15, 0.2) is 0 Å². The largest absolute Gasteiger partial charge is 0.486 e. The van der Waals surface area contributed by atoms with Crippen LogP contribution in [0.1, 0.15) is 27.2 Å². The second kappa shape index (κ2) is 6.80. The molecule has 0 aliphatic carbocycles. The predicted octanol–water partition coefficient (Wildman–Crippen LogP) is 2.18. The molecule has 0 heterocycles. The highest BCUT2D eigenvalue weighted by Gasteiger charge is 2.17. The molecule has 0 bridgehead atoms. The summed E-state index contributed by atoms with van der Waals surface area (Å²) >= 11 is 0. The van der Waals surface area contributed by atoms with Gasteiger partial charge in [0.1, 0.15) is 18.2 Å². The lowest BCUT2D eigenvalue weighted by Gasteiger charge is -2.18. The van der Waals surface area contributed by atoms with E-state index in [2.05, 4.69) is 4.72 Å². The Bertz CT molecular complexity index is 574. The molecule has 0 unspecified atom stereocenters. The van der Waals surface area contributed by atoms with E-state index in [4.69, 9.17) is 15.9 Å². The molecule has 0 radical (unpaired) electrons. The fraction of sp³-hybridized carbons (Fsp3) is 0.500. The average Bonchev–Trinajstić information content (AvgIpc) is 2.35. The second-order valence-electron chi connectivity index (χ2n) is 6.07. The van der Waals surface area contributed by atoms with Crippen molar-refractivity contribution in [2.75, 3.05) is 17.1 Å². The van der Waals surface area contributed by atoms with Gasteiger partial charge >= 0.3 is 0 Å². The van der Waals surface area contributed by atoms with Gasteiger partial charge in [-0.25, -0.2) is 8.42 Å². The maximum Gasteiger partial charge on any atom is 0.232 e. The Hall–Kier alpha value is -1.76. The van der Waals surface area contributed by atoms with Crippen LogP contribution >= 0.6 is 0 Å². The summed E-state index contributed by atoms with van der Waals surface area (Å²) in [5.74, 6) is 0.545. The van der Waals surface area contributed by atoms with E-state index in [9.17, 15) is 8.42 Å². The van der Waals surface area contributed by atoms with Crippen molar-refractivity contribution in [3.8, 4) is 5.75 Å². The summed E-state index contributed by atoms with van der Waals surface area (Å²) < 4.78 is 31.7. The average molecular weight is 313 g/mol. The molecule has 0 aliphatic heterocycles. The molecule has 21 heavy (non-hydrogen) atoms. The number of sulfonamides is 1. The lowest BCUT2D eigenvalue weighted by molar-refractivity contribution is 0.374. The molecule has 0 saturated carbocycles. The zero-order chi connectivity index (χ0) is 16.1. The standard InChI is InChI=1S/C14H23N3O3S/c1-14(2,3)8-9-21(18,19)17-11-4-6-12(7-5-11)20-10-13(15)16/h4-7,17H,8-10H2,1-3H3,(H3,15,16). The van der Waals surface area contributed by atoms with Crippen molar-refractivity contribution < 1.29 is 13.2 Å². The number of nitrogens with two attached hydrogens (primary N) is 1. The summed E-state index contributed by atoms with van der Waals surface area (Å²) in [7, 11) is -3.35. The summed E-state index contributed by atoms with van der Waals surface area (Å²) in [5, 5.41) is 7.06. The number of amidine groups is 1. The zero-order valence-electron chi connectivity index (χ0n) is 12.6. The summed E-state index contributed by atoms with van der Waals surface area (Å²) in [6, 6.07) is 6.49. The number of rotatable bonds is 7. The van der Waals surface area contributed by atoms with Crippen LogP contribution in [0.25, 0.3) is 0 Å². The molecular weight excluding hydrogens is 290 g/mol. The monoisotopic (exact) mass is 313 g/mol. The van der Waals surface area contributed by atoms with Crippen molar-refractivity contribution >= 4 is 21.5 Å². The van der Waals surface area contributed by atoms with E-state index in [1.807, 2.05) is 20.8 Å². The highest BCUT2D eigenvalue weighted by molar-refractivity contribution is 7.92. The number of hydrogen-bond donors (Lipinski definition) is 3. The van der Waals surface area contributed by atoms with Gasteiger partial charge < -0.3 is 10.5 Å². The Morgan fingerprint density at radius 1 is 1.29 bits per heavy atom. The minimum absolute atomic E-state index is 0.0106. The highest BCUT2D eigenvalue weighted by atomic mass is 32.2. The van der Waals surface area contributed by atoms with Crippen LogP contribution < -0.4 is 15.2 Å². The van der Waals surface area contributed by atoms with Crippen LogP contribution in [0.3, 0.4) is 0 Å². The van der Waals surface area contributed by atoms with Crippen molar-refractivity contribution in [1.82, 2.24) is 0 Å². The molecule has 0 saturated heterocycles. The van der Waals surface area contributed by atoms with E-state index in [1.165, 1.54) is 0 Å². The van der Waals surface area contributed by atoms with E-state index in [0.717, 1.165) is 0 Å². The SMILES string of the molecule is CC(C)(C)CCS(=O)(=O)Nc1ccc(OCC(=N)N)cc1.